The van der Waals surface area contributed by atoms with Crippen molar-refractivity contribution in [1.29, 1.82) is 0 Å². The second-order valence-electron chi connectivity index (χ2n) is 5.88. The summed E-state index contributed by atoms with van der Waals surface area (Å²) in [6.07, 6.45) is 1.31. The van der Waals surface area contributed by atoms with Crippen LogP contribution in [0.1, 0.15) is 46.5 Å². The van der Waals surface area contributed by atoms with Crippen molar-refractivity contribution < 1.29 is 23.5 Å². The highest BCUT2D eigenvalue weighted by atomic mass is 16.5. The number of benzene rings is 1. The highest BCUT2D eigenvalue weighted by Gasteiger charge is 2.18. The van der Waals surface area contributed by atoms with Crippen LogP contribution in [0.5, 0.6) is 5.75 Å². The number of furan rings is 1. The molecule has 1 N–H and O–H groups in total. The van der Waals surface area contributed by atoms with Gasteiger partial charge in [-0.2, -0.15) is 0 Å². The van der Waals surface area contributed by atoms with Crippen molar-refractivity contribution in [2.75, 3.05) is 13.7 Å². The highest BCUT2D eigenvalue weighted by Crippen LogP contribution is 2.31. The van der Waals surface area contributed by atoms with Crippen LogP contribution in [-0.2, 0) is 4.74 Å². The Bertz CT molecular complexity index is 962. The first-order chi connectivity index (χ1) is 13.0. The van der Waals surface area contributed by atoms with Crippen molar-refractivity contribution in [3.63, 3.8) is 0 Å². The molecule has 7 heteroatoms. The maximum absolute atomic E-state index is 12.4. The van der Waals surface area contributed by atoms with Crippen LogP contribution < -0.4 is 10.1 Å². The molecule has 1 aromatic carbocycles. The van der Waals surface area contributed by atoms with Crippen molar-refractivity contribution in [1.82, 2.24) is 10.3 Å². The fourth-order valence-electron chi connectivity index (χ4n) is 2.65. The Balaban J connectivity index is 1.75. The third kappa shape index (κ3) is 3.92. The fourth-order valence-corrected chi connectivity index (χ4v) is 2.65. The maximum Gasteiger partial charge on any atom is 0.339 e. The van der Waals surface area contributed by atoms with Crippen molar-refractivity contribution in [3.05, 3.63) is 59.6 Å². The number of amides is 1. The zero-order valence-electron chi connectivity index (χ0n) is 15.3. The first-order valence-electron chi connectivity index (χ1n) is 8.54. The van der Waals surface area contributed by atoms with E-state index in [2.05, 4.69) is 15.0 Å². The summed E-state index contributed by atoms with van der Waals surface area (Å²) in [5.74, 6) is 0.399. The van der Waals surface area contributed by atoms with Gasteiger partial charge in [-0.05, 0) is 38.1 Å². The molecule has 3 rings (SSSR count). The molecule has 0 saturated heterocycles. The number of nitrogens with one attached hydrogen (secondary N) is 1. The summed E-state index contributed by atoms with van der Waals surface area (Å²) in [5, 5.41) is 3.74. The molecule has 1 unspecified atom stereocenters. The molecular weight excluding hydrogens is 348 g/mol. The topological polar surface area (TPSA) is 90.7 Å². The van der Waals surface area contributed by atoms with E-state index in [1.165, 1.54) is 25.4 Å². The molecule has 0 spiro atoms. The molecule has 7 nitrogen and oxygen atoms in total. The van der Waals surface area contributed by atoms with Gasteiger partial charge in [0.05, 0.1) is 25.3 Å². The van der Waals surface area contributed by atoms with E-state index < -0.39 is 5.97 Å². The summed E-state index contributed by atoms with van der Waals surface area (Å²) in [6, 6.07) is 10.1. The summed E-state index contributed by atoms with van der Waals surface area (Å²) in [4.78, 5) is 27.9. The van der Waals surface area contributed by atoms with Crippen LogP contribution in [0.4, 0.5) is 0 Å². The zero-order chi connectivity index (χ0) is 19.4. The Labute approximate surface area is 156 Å². The Morgan fingerprint density at radius 3 is 2.74 bits per heavy atom. The summed E-state index contributed by atoms with van der Waals surface area (Å²) >= 11 is 0. The van der Waals surface area contributed by atoms with Gasteiger partial charge in [-0.3, -0.25) is 9.78 Å². The summed E-state index contributed by atoms with van der Waals surface area (Å²) in [7, 11) is 1.29. The van der Waals surface area contributed by atoms with Gasteiger partial charge in [0.15, 0.2) is 11.3 Å². The van der Waals surface area contributed by atoms with Crippen LogP contribution in [0.3, 0.4) is 0 Å². The Kier molecular flexibility index (Phi) is 5.40. The lowest BCUT2D eigenvalue weighted by atomic mass is 10.2. The second-order valence-corrected chi connectivity index (χ2v) is 5.88. The number of para-hydroxylation sites is 1. The van der Waals surface area contributed by atoms with Crippen LogP contribution >= 0.6 is 0 Å². The van der Waals surface area contributed by atoms with E-state index in [0.29, 0.717) is 23.7 Å². The second kappa shape index (κ2) is 7.90. The predicted molar refractivity (Wildman–Crippen MR) is 98.8 cm³/mol. The molecule has 0 radical (unpaired) electrons. The van der Waals surface area contributed by atoms with Gasteiger partial charge in [-0.15, -0.1) is 0 Å². The minimum atomic E-state index is -0.504. The van der Waals surface area contributed by atoms with E-state index in [9.17, 15) is 9.59 Å². The van der Waals surface area contributed by atoms with E-state index in [1.54, 1.807) is 0 Å². The van der Waals surface area contributed by atoms with Gasteiger partial charge in [-0.25, -0.2) is 4.79 Å². The number of nitrogens with zero attached hydrogens (tertiary/aromatic N) is 1. The van der Waals surface area contributed by atoms with E-state index >= 15 is 0 Å². The number of carbonyl (C=O) groups excluding carboxylic acids is 2. The van der Waals surface area contributed by atoms with Gasteiger partial charge in [0.25, 0.3) is 5.91 Å². The fraction of sp³-hybridized carbons (Fsp3) is 0.250. The number of rotatable bonds is 6. The predicted octanol–water partition coefficient (Wildman–Crippen LogP) is 3.50. The maximum atomic E-state index is 12.4. The summed E-state index contributed by atoms with van der Waals surface area (Å²) < 4.78 is 16.1. The molecular formula is C20H20N2O5. The van der Waals surface area contributed by atoms with Crippen molar-refractivity contribution >= 4 is 22.8 Å². The lowest BCUT2D eigenvalue weighted by molar-refractivity contribution is 0.0599. The Hall–Kier alpha value is -3.35. The van der Waals surface area contributed by atoms with Gasteiger partial charge in [0.1, 0.15) is 11.5 Å². The molecule has 2 aromatic heterocycles. The van der Waals surface area contributed by atoms with Crippen LogP contribution in [-0.4, -0.2) is 30.6 Å². The normalized spacial score (nSPS) is 11.8. The molecule has 1 amide bonds. The molecule has 0 bridgehead atoms. The van der Waals surface area contributed by atoms with E-state index in [0.717, 1.165) is 5.39 Å². The molecule has 1 atom stereocenters. The van der Waals surface area contributed by atoms with Crippen molar-refractivity contribution in [2.45, 2.75) is 19.9 Å². The molecule has 0 saturated carbocycles. The van der Waals surface area contributed by atoms with Gasteiger partial charge in [0, 0.05) is 11.6 Å². The number of methoxy groups -OCH3 is 1. The Morgan fingerprint density at radius 2 is 2.07 bits per heavy atom. The number of aromatic nitrogens is 1. The number of pyridine rings is 1. The largest absolute Gasteiger partial charge is 0.490 e. The quantitative estimate of drug-likeness (QED) is 0.670. The van der Waals surface area contributed by atoms with Crippen LogP contribution in [0.25, 0.3) is 11.0 Å². The summed E-state index contributed by atoms with van der Waals surface area (Å²) in [6.45, 7) is 4.26. The lowest BCUT2D eigenvalue weighted by Crippen LogP contribution is -2.27. The number of esters is 1. The average Bonchev–Trinajstić information content (AvgIpc) is 3.13. The molecule has 3 aromatic rings. The molecule has 2 heterocycles. The lowest BCUT2D eigenvalue weighted by Gasteiger charge is -2.11. The number of ether oxygens (including phenoxy) is 2. The summed E-state index contributed by atoms with van der Waals surface area (Å²) in [5.41, 5.74) is 1.12. The number of hydrogen-bond acceptors (Lipinski definition) is 6. The average molecular weight is 368 g/mol. The van der Waals surface area contributed by atoms with Gasteiger partial charge in [0.2, 0.25) is 0 Å². The minimum absolute atomic E-state index is 0.195. The van der Waals surface area contributed by atoms with Crippen molar-refractivity contribution in [2.24, 2.45) is 0 Å². The smallest absolute Gasteiger partial charge is 0.339 e. The molecule has 27 heavy (non-hydrogen) atoms. The van der Waals surface area contributed by atoms with E-state index in [4.69, 9.17) is 9.15 Å². The van der Waals surface area contributed by atoms with Gasteiger partial charge < -0.3 is 19.2 Å². The monoisotopic (exact) mass is 368 g/mol. The SMILES string of the molecule is CCOc1cccc2cc(C(C)NC(=O)c3ccc(C(=O)OC)cn3)oc12. The standard InChI is InChI=1S/C20H20N2O5/c1-4-26-16-7-5-6-13-10-17(27-18(13)16)12(2)22-19(23)15-9-8-14(11-21-15)20(24)25-3/h5-12H,4H2,1-3H3,(H,22,23). The third-order valence-electron chi connectivity index (χ3n) is 4.02. The molecule has 0 aliphatic rings. The molecule has 0 aliphatic carbocycles. The third-order valence-corrected chi connectivity index (χ3v) is 4.02. The number of hydrogen-bond donors (Lipinski definition) is 1. The molecule has 0 fully saturated rings. The van der Waals surface area contributed by atoms with Gasteiger partial charge >= 0.3 is 5.97 Å². The first-order valence-corrected chi connectivity index (χ1v) is 8.54. The highest BCUT2D eigenvalue weighted by molar-refractivity contribution is 5.94. The van der Waals surface area contributed by atoms with Crippen LogP contribution in [0, 0.1) is 0 Å². The first kappa shape index (κ1) is 18.4. The molecule has 0 aliphatic heterocycles. The Morgan fingerprint density at radius 1 is 1.26 bits per heavy atom. The van der Waals surface area contributed by atoms with Crippen LogP contribution in [0.2, 0.25) is 0 Å². The van der Waals surface area contributed by atoms with Crippen molar-refractivity contribution in [3.8, 4) is 5.75 Å². The molecule has 140 valence electrons. The number of carbonyl (C=O) groups is 2. The minimum Gasteiger partial charge on any atom is -0.490 e. The van der Waals surface area contributed by atoms with Gasteiger partial charge in [-0.1, -0.05) is 12.1 Å². The zero-order valence-corrected chi connectivity index (χ0v) is 15.3. The van der Waals surface area contributed by atoms with E-state index in [1.807, 2.05) is 38.1 Å². The van der Waals surface area contributed by atoms with Crippen LogP contribution in [0.15, 0.2) is 47.0 Å². The van der Waals surface area contributed by atoms with E-state index in [-0.39, 0.29) is 23.2 Å². The number of fused-ring (bicyclic) bond motifs is 1.